The zero-order valence-corrected chi connectivity index (χ0v) is 14.8. The molecule has 0 radical (unpaired) electrons. The SMILES string of the molecule is CCn1nc(C)c(CN(C)C(=O)c2cccc(OC)c2C)c1C. The molecule has 1 aromatic carbocycles. The second kappa shape index (κ2) is 6.86. The number of hydrogen-bond acceptors (Lipinski definition) is 3. The Bertz CT molecular complexity index is 719. The Hall–Kier alpha value is -2.30. The Morgan fingerprint density at radius 3 is 2.57 bits per heavy atom. The van der Waals surface area contributed by atoms with Crippen molar-refractivity contribution in [3.05, 3.63) is 46.3 Å². The van der Waals surface area contributed by atoms with Crippen molar-refractivity contribution in [1.29, 1.82) is 0 Å². The van der Waals surface area contributed by atoms with Crippen LogP contribution in [0.2, 0.25) is 0 Å². The van der Waals surface area contributed by atoms with Gasteiger partial charge in [-0.3, -0.25) is 9.48 Å². The van der Waals surface area contributed by atoms with Crippen molar-refractivity contribution in [1.82, 2.24) is 14.7 Å². The fourth-order valence-electron chi connectivity index (χ4n) is 2.85. The van der Waals surface area contributed by atoms with Crippen LogP contribution in [0.25, 0.3) is 0 Å². The largest absolute Gasteiger partial charge is 0.496 e. The van der Waals surface area contributed by atoms with Gasteiger partial charge in [-0.25, -0.2) is 0 Å². The molecule has 2 rings (SSSR count). The molecule has 2 aromatic rings. The number of carbonyl (C=O) groups is 1. The van der Waals surface area contributed by atoms with Gasteiger partial charge in [0.1, 0.15) is 5.75 Å². The molecule has 0 aliphatic rings. The summed E-state index contributed by atoms with van der Waals surface area (Å²) < 4.78 is 7.28. The van der Waals surface area contributed by atoms with E-state index in [2.05, 4.69) is 12.0 Å². The van der Waals surface area contributed by atoms with Crippen LogP contribution in [0.3, 0.4) is 0 Å². The Labute approximate surface area is 137 Å². The van der Waals surface area contributed by atoms with Crippen molar-refractivity contribution in [2.75, 3.05) is 14.2 Å². The van der Waals surface area contributed by atoms with Crippen LogP contribution in [0.5, 0.6) is 5.75 Å². The minimum absolute atomic E-state index is 0.00977. The molecular formula is C18H25N3O2. The number of amides is 1. The molecule has 0 aliphatic carbocycles. The molecule has 0 saturated carbocycles. The number of aromatic nitrogens is 2. The van der Waals surface area contributed by atoms with E-state index in [1.54, 1.807) is 12.0 Å². The molecule has 0 bridgehead atoms. The molecule has 0 N–H and O–H groups in total. The molecule has 23 heavy (non-hydrogen) atoms. The van der Waals surface area contributed by atoms with E-state index in [4.69, 9.17) is 4.74 Å². The normalized spacial score (nSPS) is 10.7. The smallest absolute Gasteiger partial charge is 0.254 e. The van der Waals surface area contributed by atoms with Crippen LogP contribution in [-0.2, 0) is 13.1 Å². The summed E-state index contributed by atoms with van der Waals surface area (Å²) in [7, 11) is 3.44. The summed E-state index contributed by atoms with van der Waals surface area (Å²) in [5.41, 5.74) is 4.75. The summed E-state index contributed by atoms with van der Waals surface area (Å²) in [4.78, 5) is 14.5. The van der Waals surface area contributed by atoms with Crippen LogP contribution in [0.4, 0.5) is 0 Å². The van der Waals surface area contributed by atoms with Crippen molar-refractivity contribution >= 4 is 5.91 Å². The lowest BCUT2D eigenvalue weighted by Crippen LogP contribution is -2.27. The molecule has 5 heteroatoms. The number of hydrogen-bond donors (Lipinski definition) is 0. The van der Waals surface area contributed by atoms with E-state index < -0.39 is 0 Å². The summed E-state index contributed by atoms with van der Waals surface area (Å²) in [6.45, 7) is 9.40. The first-order valence-electron chi connectivity index (χ1n) is 7.82. The number of benzene rings is 1. The van der Waals surface area contributed by atoms with Gasteiger partial charge in [0.2, 0.25) is 0 Å². The highest BCUT2D eigenvalue weighted by atomic mass is 16.5. The molecule has 0 fully saturated rings. The lowest BCUT2D eigenvalue weighted by atomic mass is 10.1. The first-order chi connectivity index (χ1) is 10.9. The lowest BCUT2D eigenvalue weighted by molar-refractivity contribution is 0.0783. The van der Waals surface area contributed by atoms with Crippen molar-refractivity contribution in [3.8, 4) is 5.75 Å². The lowest BCUT2D eigenvalue weighted by Gasteiger charge is -2.19. The van der Waals surface area contributed by atoms with Gasteiger partial charge in [-0.05, 0) is 39.8 Å². The van der Waals surface area contributed by atoms with Crippen LogP contribution >= 0.6 is 0 Å². The van der Waals surface area contributed by atoms with Crippen molar-refractivity contribution in [2.24, 2.45) is 0 Å². The Morgan fingerprint density at radius 2 is 2.00 bits per heavy atom. The summed E-state index contributed by atoms with van der Waals surface area (Å²) in [5, 5.41) is 4.52. The average molecular weight is 315 g/mol. The molecule has 1 aromatic heterocycles. The van der Waals surface area contributed by atoms with E-state index in [0.29, 0.717) is 12.1 Å². The van der Waals surface area contributed by atoms with Gasteiger partial charge in [-0.1, -0.05) is 6.07 Å². The van der Waals surface area contributed by atoms with Crippen molar-refractivity contribution in [3.63, 3.8) is 0 Å². The predicted molar refractivity (Wildman–Crippen MR) is 90.9 cm³/mol. The number of ether oxygens (including phenoxy) is 1. The molecule has 0 spiro atoms. The molecule has 124 valence electrons. The van der Waals surface area contributed by atoms with Gasteiger partial charge < -0.3 is 9.64 Å². The van der Waals surface area contributed by atoms with E-state index in [1.807, 2.05) is 50.7 Å². The van der Waals surface area contributed by atoms with Crippen LogP contribution < -0.4 is 4.74 Å². The van der Waals surface area contributed by atoms with Crippen LogP contribution in [-0.4, -0.2) is 34.7 Å². The second-order valence-electron chi connectivity index (χ2n) is 5.76. The summed E-state index contributed by atoms with van der Waals surface area (Å²) in [6, 6.07) is 5.55. The molecule has 0 unspecified atom stereocenters. The summed E-state index contributed by atoms with van der Waals surface area (Å²) in [5.74, 6) is 0.722. The zero-order valence-electron chi connectivity index (χ0n) is 14.8. The highest BCUT2D eigenvalue weighted by Gasteiger charge is 2.19. The standard InChI is InChI=1S/C18H25N3O2/c1-7-21-14(4)16(13(3)19-21)11-20(5)18(22)15-9-8-10-17(23-6)12(15)2/h8-10H,7,11H2,1-6H3. The maximum absolute atomic E-state index is 12.8. The second-order valence-corrected chi connectivity index (χ2v) is 5.76. The summed E-state index contributed by atoms with van der Waals surface area (Å²) in [6.07, 6.45) is 0. The van der Waals surface area contributed by atoms with E-state index in [0.717, 1.165) is 34.8 Å². The molecule has 1 heterocycles. The Balaban J connectivity index is 2.26. The van der Waals surface area contributed by atoms with Crippen LogP contribution in [0.15, 0.2) is 18.2 Å². The van der Waals surface area contributed by atoms with E-state index in [-0.39, 0.29) is 5.91 Å². The fraction of sp³-hybridized carbons (Fsp3) is 0.444. The van der Waals surface area contributed by atoms with Gasteiger partial charge in [-0.2, -0.15) is 5.10 Å². The number of rotatable bonds is 5. The molecule has 5 nitrogen and oxygen atoms in total. The van der Waals surface area contributed by atoms with Crippen molar-refractivity contribution in [2.45, 2.75) is 40.8 Å². The quantitative estimate of drug-likeness (QED) is 0.852. The van der Waals surface area contributed by atoms with E-state index in [9.17, 15) is 4.79 Å². The van der Waals surface area contributed by atoms with Gasteiger partial charge in [0.15, 0.2) is 0 Å². The Kier molecular flexibility index (Phi) is 5.08. The molecule has 0 atom stereocenters. The highest BCUT2D eigenvalue weighted by Crippen LogP contribution is 2.23. The van der Waals surface area contributed by atoms with E-state index in [1.165, 1.54) is 0 Å². The molecule has 0 aliphatic heterocycles. The third kappa shape index (κ3) is 3.23. The minimum atomic E-state index is -0.00977. The van der Waals surface area contributed by atoms with Gasteiger partial charge in [-0.15, -0.1) is 0 Å². The first kappa shape index (κ1) is 17.1. The van der Waals surface area contributed by atoms with E-state index >= 15 is 0 Å². The average Bonchev–Trinajstić information content (AvgIpc) is 2.81. The monoisotopic (exact) mass is 315 g/mol. The predicted octanol–water partition coefficient (Wildman–Crippen LogP) is 3.11. The molecule has 0 saturated heterocycles. The number of aryl methyl sites for hydroxylation is 2. The maximum atomic E-state index is 12.8. The molecule has 1 amide bonds. The topological polar surface area (TPSA) is 47.4 Å². The third-order valence-corrected chi connectivity index (χ3v) is 4.31. The zero-order chi connectivity index (χ0) is 17.1. The summed E-state index contributed by atoms with van der Waals surface area (Å²) >= 11 is 0. The number of nitrogens with zero attached hydrogens (tertiary/aromatic N) is 3. The van der Waals surface area contributed by atoms with Gasteiger partial charge in [0.05, 0.1) is 12.8 Å². The highest BCUT2D eigenvalue weighted by molar-refractivity contribution is 5.96. The van der Waals surface area contributed by atoms with Gasteiger partial charge in [0.25, 0.3) is 5.91 Å². The first-order valence-corrected chi connectivity index (χ1v) is 7.82. The minimum Gasteiger partial charge on any atom is -0.496 e. The van der Waals surface area contributed by atoms with Crippen LogP contribution in [0, 0.1) is 20.8 Å². The maximum Gasteiger partial charge on any atom is 0.254 e. The fourth-order valence-corrected chi connectivity index (χ4v) is 2.85. The molecular weight excluding hydrogens is 290 g/mol. The third-order valence-electron chi connectivity index (χ3n) is 4.31. The number of carbonyl (C=O) groups excluding carboxylic acids is 1. The Morgan fingerprint density at radius 1 is 1.30 bits per heavy atom. The number of methoxy groups -OCH3 is 1. The van der Waals surface area contributed by atoms with Crippen LogP contribution in [0.1, 0.15) is 39.8 Å². The van der Waals surface area contributed by atoms with Crippen molar-refractivity contribution < 1.29 is 9.53 Å². The van der Waals surface area contributed by atoms with Gasteiger partial charge in [0, 0.05) is 42.5 Å². The van der Waals surface area contributed by atoms with Gasteiger partial charge >= 0.3 is 0 Å².